The third-order valence-corrected chi connectivity index (χ3v) is 5.58. The molecule has 0 N–H and O–H groups in total. The van der Waals surface area contributed by atoms with Crippen LogP contribution in [0.3, 0.4) is 0 Å². The predicted molar refractivity (Wildman–Crippen MR) is 96.7 cm³/mol. The molecule has 1 amide bonds. The number of nitriles is 2. The summed E-state index contributed by atoms with van der Waals surface area (Å²) in [6, 6.07) is 6.39. The first-order valence-electron chi connectivity index (χ1n) is 8.87. The zero-order valence-corrected chi connectivity index (χ0v) is 14.6. The number of piperidine rings is 1. The van der Waals surface area contributed by atoms with Gasteiger partial charge in [-0.2, -0.15) is 10.5 Å². The van der Waals surface area contributed by atoms with Crippen molar-refractivity contribution in [3.63, 3.8) is 0 Å². The van der Waals surface area contributed by atoms with E-state index in [1.54, 1.807) is 4.90 Å². The highest BCUT2D eigenvalue weighted by atomic mass is 16.2. The molecule has 6 nitrogen and oxygen atoms in total. The molecule has 0 aromatic carbocycles. The van der Waals surface area contributed by atoms with E-state index in [1.807, 2.05) is 30.6 Å². The fraction of sp³-hybridized carbons (Fsp3) is 0.400. The Morgan fingerprint density at radius 2 is 2.27 bits per heavy atom. The molecule has 0 saturated carbocycles. The smallest absolute Gasteiger partial charge is 0.236 e. The molecule has 2 atom stereocenters. The molecule has 2 aromatic heterocycles. The van der Waals surface area contributed by atoms with Crippen LogP contribution in [0.1, 0.15) is 37.1 Å². The number of aromatic nitrogens is 2. The van der Waals surface area contributed by atoms with Crippen molar-refractivity contribution in [2.45, 2.75) is 32.2 Å². The molecule has 2 aromatic rings. The van der Waals surface area contributed by atoms with Crippen molar-refractivity contribution >= 4 is 22.4 Å². The Balaban J connectivity index is 1.78. The summed E-state index contributed by atoms with van der Waals surface area (Å²) in [4.78, 5) is 18.5. The largest absolute Gasteiger partial charge is 0.342 e. The van der Waals surface area contributed by atoms with E-state index in [1.165, 1.54) is 0 Å². The van der Waals surface area contributed by atoms with Crippen molar-refractivity contribution in [1.82, 2.24) is 14.5 Å². The lowest BCUT2D eigenvalue weighted by Crippen LogP contribution is -2.43. The molecule has 130 valence electrons. The molecule has 0 spiro atoms. The van der Waals surface area contributed by atoms with Gasteiger partial charge in [-0.15, -0.1) is 0 Å². The van der Waals surface area contributed by atoms with Crippen molar-refractivity contribution in [3.8, 4) is 12.1 Å². The van der Waals surface area contributed by atoms with Crippen LogP contribution in [-0.4, -0.2) is 33.4 Å². The summed E-state index contributed by atoms with van der Waals surface area (Å²) in [7, 11) is 0. The molecule has 0 radical (unpaired) electrons. The van der Waals surface area contributed by atoms with E-state index < -0.39 is 0 Å². The zero-order valence-electron chi connectivity index (χ0n) is 14.6. The second-order valence-electron chi connectivity index (χ2n) is 7.05. The Hall–Kier alpha value is -3.12. The van der Waals surface area contributed by atoms with Gasteiger partial charge in [0.25, 0.3) is 0 Å². The van der Waals surface area contributed by atoms with Gasteiger partial charge in [-0.05, 0) is 18.4 Å². The summed E-state index contributed by atoms with van der Waals surface area (Å²) in [6.07, 6.45) is 7.35. The van der Waals surface area contributed by atoms with E-state index in [4.69, 9.17) is 5.26 Å². The maximum Gasteiger partial charge on any atom is 0.236 e. The summed E-state index contributed by atoms with van der Waals surface area (Å²) < 4.78 is 2.21. The Kier molecular flexibility index (Phi) is 3.97. The van der Waals surface area contributed by atoms with Crippen molar-refractivity contribution in [3.05, 3.63) is 35.8 Å². The first kappa shape index (κ1) is 16.4. The Labute approximate surface area is 152 Å². The van der Waals surface area contributed by atoms with Crippen LogP contribution in [0, 0.1) is 28.6 Å². The number of allylic oxidation sites excluding steroid dienone is 2. The van der Waals surface area contributed by atoms with Crippen LogP contribution in [-0.2, 0) is 11.2 Å². The van der Waals surface area contributed by atoms with E-state index in [0.717, 1.165) is 28.6 Å². The topological polar surface area (TPSA) is 85.7 Å². The molecule has 6 heteroatoms. The minimum Gasteiger partial charge on any atom is -0.342 e. The van der Waals surface area contributed by atoms with Gasteiger partial charge in [0.15, 0.2) is 0 Å². The Morgan fingerprint density at radius 3 is 3.04 bits per heavy atom. The second-order valence-corrected chi connectivity index (χ2v) is 7.05. The van der Waals surface area contributed by atoms with Gasteiger partial charge in [0.1, 0.15) is 6.42 Å². The van der Waals surface area contributed by atoms with E-state index >= 15 is 0 Å². The lowest BCUT2D eigenvalue weighted by molar-refractivity contribution is -0.132. The van der Waals surface area contributed by atoms with Gasteiger partial charge < -0.3 is 9.47 Å². The first-order valence-corrected chi connectivity index (χ1v) is 8.87. The standard InChI is InChI=1S/C20H19N5O/c1-13-5-8-24(18(26)4-7-21)12-17(13)25-9-6-15-11-23-16-3-2-14(10-22)19(16)20(15)25/h2,6,9,11,13,17H,3-5,8,12H2,1H3/t13-,17+/m1/s1. The van der Waals surface area contributed by atoms with Crippen LogP contribution < -0.4 is 0 Å². The van der Waals surface area contributed by atoms with Crippen molar-refractivity contribution in [2.75, 3.05) is 13.1 Å². The number of likely N-dealkylation sites (tertiary alicyclic amines) is 1. The predicted octanol–water partition coefficient (Wildman–Crippen LogP) is 2.82. The maximum absolute atomic E-state index is 12.2. The minimum atomic E-state index is -0.106. The lowest BCUT2D eigenvalue weighted by Gasteiger charge is -2.38. The van der Waals surface area contributed by atoms with Crippen molar-refractivity contribution in [1.29, 1.82) is 10.5 Å². The summed E-state index contributed by atoms with van der Waals surface area (Å²) in [5, 5.41) is 19.3. The molecule has 1 fully saturated rings. The fourth-order valence-corrected chi connectivity index (χ4v) is 4.12. The second kappa shape index (κ2) is 6.31. The molecule has 1 aliphatic heterocycles. The number of nitrogens with zero attached hydrogens (tertiary/aromatic N) is 5. The minimum absolute atomic E-state index is 0.0752. The summed E-state index contributed by atoms with van der Waals surface area (Å²) in [5.74, 6) is 0.293. The summed E-state index contributed by atoms with van der Waals surface area (Å²) >= 11 is 0. The van der Waals surface area contributed by atoms with Gasteiger partial charge in [-0.25, -0.2) is 0 Å². The van der Waals surface area contributed by atoms with E-state index in [2.05, 4.69) is 22.5 Å². The average molecular weight is 345 g/mol. The summed E-state index contributed by atoms with van der Waals surface area (Å²) in [6.45, 7) is 3.49. The number of hydrogen-bond acceptors (Lipinski definition) is 4. The monoisotopic (exact) mass is 345 g/mol. The highest BCUT2D eigenvalue weighted by molar-refractivity contribution is 5.97. The number of pyridine rings is 1. The third-order valence-electron chi connectivity index (χ3n) is 5.58. The highest BCUT2D eigenvalue weighted by Gasteiger charge is 2.32. The van der Waals surface area contributed by atoms with Crippen LogP contribution >= 0.6 is 0 Å². The zero-order chi connectivity index (χ0) is 18.3. The van der Waals surface area contributed by atoms with E-state index in [9.17, 15) is 10.1 Å². The molecule has 0 unspecified atom stereocenters. The van der Waals surface area contributed by atoms with Crippen LogP contribution in [0.15, 0.2) is 24.5 Å². The number of carbonyl (C=O) groups excluding carboxylic acids is 1. The van der Waals surface area contributed by atoms with Gasteiger partial charge in [0.2, 0.25) is 5.91 Å². The van der Waals surface area contributed by atoms with Crippen molar-refractivity contribution < 1.29 is 4.79 Å². The van der Waals surface area contributed by atoms with Crippen LogP contribution in [0.2, 0.25) is 0 Å². The molecule has 2 aliphatic rings. The number of rotatable bonds is 2. The van der Waals surface area contributed by atoms with Gasteiger partial charge in [0.05, 0.1) is 35.0 Å². The van der Waals surface area contributed by atoms with Gasteiger partial charge in [0, 0.05) is 42.9 Å². The average Bonchev–Trinajstić information content (AvgIpc) is 3.25. The van der Waals surface area contributed by atoms with E-state index in [0.29, 0.717) is 31.0 Å². The quantitative estimate of drug-likeness (QED) is 0.837. The fourth-order valence-electron chi connectivity index (χ4n) is 4.12. The number of carbonyl (C=O) groups is 1. The Bertz CT molecular complexity index is 1000. The molecule has 26 heavy (non-hydrogen) atoms. The molecule has 1 aliphatic carbocycles. The van der Waals surface area contributed by atoms with Crippen LogP contribution in [0.25, 0.3) is 16.5 Å². The van der Waals surface area contributed by atoms with Crippen LogP contribution in [0.4, 0.5) is 0 Å². The summed E-state index contributed by atoms with van der Waals surface area (Å²) in [5.41, 5.74) is 3.59. The van der Waals surface area contributed by atoms with Gasteiger partial charge in [-0.1, -0.05) is 13.0 Å². The third kappa shape index (κ3) is 2.46. The van der Waals surface area contributed by atoms with Gasteiger partial charge in [-0.3, -0.25) is 9.78 Å². The molecule has 1 saturated heterocycles. The Morgan fingerprint density at radius 1 is 1.42 bits per heavy atom. The normalized spacial score (nSPS) is 21.8. The highest BCUT2D eigenvalue weighted by Crippen LogP contribution is 2.37. The van der Waals surface area contributed by atoms with Gasteiger partial charge >= 0.3 is 0 Å². The van der Waals surface area contributed by atoms with Crippen LogP contribution in [0.5, 0.6) is 0 Å². The molecule has 0 bridgehead atoms. The SMILES string of the molecule is C[C@@H]1CCN(C(=O)CC#N)C[C@@H]1n1ccc2cnc3c(c21)C(C#N)=CC3. The maximum atomic E-state index is 12.2. The molecular weight excluding hydrogens is 326 g/mol. The number of amides is 1. The lowest BCUT2D eigenvalue weighted by atomic mass is 9.92. The number of fused-ring (bicyclic) bond motifs is 3. The first-order chi connectivity index (χ1) is 12.6. The molecule has 3 heterocycles. The molecular formula is C20H19N5O. The van der Waals surface area contributed by atoms with E-state index in [-0.39, 0.29) is 18.4 Å². The number of hydrogen-bond donors (Lipinski definition) is 0. The van der Waals surface area contributed by atoms with Crippen molar-refractivity contribution in [2.24, 2.45) is 5.92 Å². The molecule has 4 rings (SSSR count).